The van der Waals surface area contributed by atoms with E-state index in [-0.39, 0.29) is 12.6 Å². The van der Waals surface area contributed by atoms with Crippen molar-refractivity contribution in [3.8, 4) is 0 Å². The zero-order chi connectivity index (χ0) is 20.2. The molecule has 1 atom stereocenters. The number of carbonyl (C=O) groups is 1. The molecule has 0 saturated heterocycles. The smallest absolute Gasteiger partial charge is 0.353 e. The Balaban J connectivity index is 2.08. The molecular formula is C18H19F4N3O2. The lowest BCUT2D eigenvalue weighted by Gasteiger charge is -2.25. The summed E-state index contributed by atoms with van der Waals surface area (Å²) < 4.78 is 52.5. The van der Waals surface area contributed by atoms with E-state index >= 15 is 0 Å². The molecule has 1 aromatic carbocycles. The maximum atomic E-state index is 13.4. The van der Waals surface area contributed by atoms with Crippen molar-refractivity contribution in [1.29, 1.82) is 0 Å². The maximum Gasteiger partial charge on any atom is 0.421 e. The normalized spacial score (nSPS) is 12.9. The maximum absolute atomic E-state index is 13.4. The number of carbonyl (C=O) groups excluding carboxylic acids is 1. The summed E-state index contributed by atoms with van der Waals surface area (Å²) in [5.41, 5.74) is -1.98. The molecule has 0 saturated carbocycles. The van der Waals surface area contributed by atoms with Crippen molar-refractivity contribution in [2.24, 2.45) is 0 Å². The molecular weight excluding hydrogens is 366 g/mol. The summed E-state index contributed by atoms with van der Waals surface area (Å²) in [6.45, 7) is -0.449. The highest BCUT2D eigenvalue weighted by molar-refractivity contribution is 5.75. The molecule has 1 unspecified atom stereocenters. The number of nitrogens with zero attached hydrogens (tertiary/aromatic N) is 2. The van der Waals surface area contributed by atoms with Gasteiger partial charge in [-0.05, 0) is 43.9 Å². The lowest BCUT2D eigenvalue weighted by atomic mass is 10.1. The second-order valence-corrected chi connectivity index (χ2v) is 6.19. The number of hydrogen-bond donors (Lipinski definition) is 1. The molecule has 0 radical (unpaired) electrons. The standard InChI is InChI=1S/C18H19F4N3O2/c1-24(2)15(12-5-3-6-13(19)9-12)10-23-16(26)11-25-8-4-7-14(17(25)27)18(20,21)22/h3-9,15H,10-11H2,1-2H3,(H,23,26). The third-order valence-electron chi connectivity index (χ3n) is 3.99. The molecule has 2 aromatic rings. The Morgan fingerprint density at radius 1 is 1.22 bits per heavy atom. The van der Waals surface area contributed by atoms with E-state index in [0.29, 0.717) is 16.2 Å². The zero-order valence-corrected chi connectivity index (χ0v) is 14.8. The van der Waals surface area contributed by atoms with Gasteiger partial charge in [-0.2, -0.15) is 13.2 Å². The Kier molecular flexibility index (Phi) is 6.37. The first-order valence-electron chi connectivity index (χ1n) is 8.05. The molecule has 0 aliphatic heterocycles. The first-order chi connectivity index (χ1) is 12.6. The molecule has 0 aliphatic carbocycles. The zero-order valence-electron chi connectivity index (χ0n) is 14.8. The summed E-state index contributed by atoms with van der Waals surface area (Å²) in [7, 11) is 3.50. The molecule has 0 aliphatic rings. The summed E-state index contributed by atoms with van der Waals surface area (Å²) in [5, 5.41) is 2.57. The third kappa shape index (κ3) is 5.40. The van der Waals surface area contributed by atoms with E-state index in [1.807, 2.05) is 0 Å². The highest BCUT2D eigenvalue weighted by atomic mass is 19.4. The van der Waals surface area contributed by atoms with Crippen molar-refractivity contribution in [2.75, 3.05) is 20.6 Å². The number of amides is 1. The minimum atomic E-state index is -4.79. The van der Waals surface area contributed by atoms with Crippen LogP contribution in [0.25, 0.3) is 0 Å². The highest BCUT2D eigenvalue weighted by Gasteiger charge is 2.34. The quantitative estimate of drug-likeness (QED) is 0.778. The molecule has 9 heteroatoms. The van der Waals surface area contributed by atoms with Crippen molar-refractivity contribution >= 4 is 5.91 Å². The van der Waals surface area contributed by atoms with Crippen LogP contribution in [0.3, 0.4) is 0 Å². The van der Waals surface area contributed by atoms with E-state index in [1.54, 1.807) is 31.1 Å². The Hall–Kier alpha value is -2.68. The summed E-state index contributed by atoms with van der Waals surface area (Å²) in [6, 6.07) is 7.28. The van der Waals surface area contributed by atoms with Crippen LogP contribution in [0.5, 0.6) is 0 Å². The van der Waals surface area contributed by atoms with Gasteiger partial charge < -0.3 is 14.8 Å². The number of aromatic nitrogens is 1. The monoisotopic (exact) mass is 385 g/mol. The number of pyridine rings is 1. The second kappa shape index (κ2) is 8.34. The van der Waals surface area contributed by atoms with Crippen molar-refractivity contribution in [3.63, 3.8) is 0 Å². The Bertz CT molecular complexity index is 862. The van der Waals surface area contributed by atoms with Crippen LogP contribution >= 0.6 is 0 Å². The Morgan fingerprint density at radius 2 is 1.93 bits per heavy atom. The van der Waals surface area contributed by atoms with Gasteiger partial charge >= 0.3 is 6.18 Å². The molecule has 0 spiro atoms. The van der Waals surface area contributed by atoms with Crippen LogP contribution in [-0.2, 0) is 17.5 Å². The second-order valence-electron chi connectivity index (χ2n) is 6.19. The molecule has 1 aromatic heterocycles. The number of hydrogen-bond acceptors (Lipinski definition) is 3. The number of nitrogens with one attached hydrogen (secondary N) is 1. The predicted octanol–water partition coefficient (Wildman–Crippen LogP) is 2.43. The van der Waals surface area contributed by atoms with Gasteiger partial charge in [0.15, 0.2) is 0 Å². The van der Waals surface area contributed by atoms with Crippen LogP contribution in [-0.4, -0.2) is 36.0 Å². The first-order valence-corrected chi connectivity index (χ1v) is 8.05. The van der Waals surface area contributed by atoms with Gasteiger partial charge in [0.1, 0.15) is 17.9 Å². The van der Waals surface area contributed by atoms with Gasteiger partial charge in [-0.1, -0.05) is 12.1 Å². The Morgan fingerprint density at radius 3 is 2.52 bits per heavy atom. The number of likely N-dealkylation sites (N-methyl/N-ethyl adjacent to an activating group) is 1. The van der Waals surface area contributed by atoms with Gasteiger partial charge in [0.25, 0.3) is 5.56 Å². The largest absolute Gasteiger partial charge is 0.421 e. The molecule has 146 valence electrons. The number of rotatable bonds is 6. The average Bonchev–Trinajstić information content (AvgIpc) is 2.55. The van der Waals surface area contributed by atoms with Gasteiger partial charge in [-0.15, -0.1) is 0 Å². The van der Waals surface area contributed by atoms with Gasteiger partial charge in [0.2, 0.25) is 5.91 Å². The third-order valence-corrected chi connectivity index (χ3v) is 3.99. The molecule has 1 amide bonds. The predicted molar refractivity (Wildman–Crippen MR) is 91.5 cm³/mol. The van der Waals surface area contributed by atoms with Crippen LogP contribution in [0, 0.1) is 5.82 Å². The molecule has 1 N–H and O–H groups in total. The minimum Gasteiger partial charge on any atom is -0.353 e. The lowest BCUT2D eigenvalue weighted by molar-refractivity contribution is -0.139. The van der Waals surface area contributed by atoms with Crippen LogP contribution in [0.4, 0.5) is 17.6 Å². The van der Waals surface area contributed by atoms with Crippen molar-refractivity contribution < 1.29 is 22.4 Å². The van der Waals surface area contributed by atoms with E-state index in [0.717, 1.165) is 12.3 Å². The van der Waals surface area contributed by atoms with Gasteiger partial charge in [-0.3, -0.25) is 9.59 Å². The van der Waals surface area contributed by atoms with E-state index in [4.69, 9.17) is 0 Å². The van der Waals surface area contributed by atoms with E-state index < -0.39 is 35.6 Å². The molecule has 1 heterocycles. The van der Waals surface area contributed by atoms with Gasteiger partial charge in [0, 0.05) is 12.7 Å². The number of halogens is 4. The van der Waals surface area contributed by atoms with E-state index in [2.05, 4.69) is 5.32 Å². The summed E-state index contributed by atoms with van der Waals surface area (Å²) in [4.78, 5) is 25.7. The summed E-state index contributed by atoms with van der Waals surface area (Å²) in [6.07, 6.45) is -3.67. The first kappa shape index (κ1) is 20.6. The number of benzene rings is 1. The summed E-state index contributed by atoms with van der Waals surface area (Å²) in [5.74, 6) is -1.04. The molecule has 0 fully saturated rings. The molecule has 5 nitrogen and oxygen atoms in total. The van der Waals surface area contributed by atoms with Crippen LogP contribution in [0.2, 0.25) is 0 Å². The van der Waals surface area contributed by atoms with Gasteiger partial charge in [0.05, 0.1) is 6.04 Å². The summed E-state index contributed by atoms with van der Waals surface area (Å²) >= 11 is 0. The van der Waals surface area contributed by atoms with E-state index in [9.17, 15) is 27.2 Å². The highest BCUT2D eigenvalue weighted by Crippen LogP contribution is 2.26. The molecule has 2 rings (SSSR count). The topological polar surface area (TPSA) is 54.3 Å². The lowest BCUT2D eigenvalue weighted by Crippen LogP contribution is -2.38. The molecule has 27 heavy (non-hydrogen) atoms. The SMILES string of the molecule is CN(C)C(CNC(=O)Cn1cccc(C(F)(F)F)c1=O)c1cccc(F)c1. The van der Waals surface area contributed by atoms with Crippen LogP contribution in [0.15, 0.2) is 47.4 Å². The fraction of sp³-hybridized carbons (Fsp3) is 0.333. The average molecular weight is 385 g/mol. The van der Waals surface area contributed by atoms with Crippen molar-refractivity contribution in [2.45, 2.75) is 18.8 Å². The van der Waals surface area contributed by atoms with Crippen LogP contribution in [0.1, 0.15) is 17.2 Å². The van der Waals surface area contributed by atoms with Crippen molar-refractivity contribution in [1.82, 2.24) is 14.8 Å². The fourth-order valence-electron chi connectivity index (χ4n) is 2.61. The molecule has 0 bridgehead atoms. The van der Waals surface area contributed by atoms with E-state index in [1.165, 1.54) is 12.1 Å². The fourth-order valence-corrected chi connectivity index (χ4v) is 2.61. The Labute approximate surface area is 153 Å². The minimum absolute atomic E-state index is 0.100. The number of alkyl halides is 3. The van der Waals surface area contributed by atoms with Crippen LogP contribution < -0.4 is 10.9 Å². The van der Waals surface area contributed by atoms with Gasteiger partial charge in [-0.25, -0.2) is 4.39 Å². The van der Waals surface area contributed by atoms with Crippen molar-refractivity contribution in [3.05, 3.63) is 69.9 Å².